The van der Waals surface area contributed by atoms with E-state index in [-0.39, 0.29) is 5.91 Å². The summed E-state index contributed by atoms with van der Waals surface area (Å²) >= 11 is 7.14. The highest BCUT2D eigenvalue weighted by molar-refractivity contribution is 7.92. The van der Waals surface area contributed by atoms with E-state index in [0.29, 0.717) is 23.3 Å². The summed E-state index contributed by atoms with van der Waals surface area (Å²) in [6.07, 6.45) is 2.89. The number of thiophene rings is 1. The first-order valence-corrected chi connectivity index (χ1v) is 12.5. The topological polar surface area (TPSA) is 69.7 Å². The smallest absolute Gasteiger partial charge is 0.245 e. The summed E-state index contributed by atoms with van der Waals surface area (Å²) in [7, 11) is 0.348. The van der Waals surface area contributed by atoms with Gasteiger partial charge in [-0.2, -0.15) is 4.72 Å². The predicted octanol–water partition coefficient (Wildman–Crippen LogP) is 4.11. The first kappa shape index (κ1) is 23.0. The van der Waals surface area contributed by atoms with E-state index in [1.54, 1.807) is 17.0 Å². The molecule has 1 N–H and O–H groups in total. The number of carbonyl (C=O) groups excluding carboxylic acids is 1. The normalized spacial score (nSPS) is 18.6. The van der Waals surface area contributed by atoms with Gasteiger partial charge >= 0.3 is 0 Å². The fourth-order valence-electron chi connectivity index (χ4n) is 3.63. The average molecular weight is 468 g/mol. The molecule has 1 saturated heterocycles. The lowest BCUT2D eigenvalue weighted by molar-refractivity contribution is -0.118. The Kier molecular flexibility index (Phi) is 7.36. The summed E-state index contributed by atoms with van der Waals surface area (Å²) in [6, 6.07) is 10.9. The third-order valence-corrected chi connectivity index (χ3v) is 7.42. The van der Waals surface area contributed by atoms with Gasteiger partial charge in [0.2, 0.25) is 15.9 Å². The van der Waals surface area contributed by atoms with E-state index < -0.39 is 16.1 Å². The van der Waals surface area contributed by atoms with Crippen LogP contribution in [0, 0.1) is 0 Å². The van der Waals surface area contributed by atoms with Crippen LogP contribution in [0.15, 0.2) is 41.8 Å². The van der Waals surface area contributed by atoms with Crippen molar-refractivity contribution < 1.29 is 13.2 Å². The Hall–Kier alpha value is -1.71. The largest absolute Gasteiger partial charge is 0.311 e. The highest BCUT2D eigenvalue weighted by atomic mass is 35.5. The first-order chi connectivity index (χ1) is 14.2. The number of nitrogens with one attached hydrogen (secondary N) is 1. The molecular formula is C21H26ClN3O3S2. The molecule has 0 saturated carbocycles. The van der Waals surface area contributed by atoms with E-state index in [2.05, 4.69) is 16.5 Å². The van der Waals surface area contributed by atoms with Crippen LogP contribution in [-0.4, -0.2) is 45.9 Å². The molecule has 0 bridgehead atoms. The van der Waals surface area contributed by atoms with Crippen molar-refractivity contribution >= 4 is 50.6 Å². The fraction of sp³-hybridized carbons (Fsp3) is 0.381. The minimum Gasteiger partial charge on any atom is -0.311 e. The number of carbonyl (C=O) groups is 1. The summed E-state index contributed by atoms with van der Waals surface area (Å²) in [5, 5.41) is 1.08. The number of hydrogen-bond acceptors (Lipinski definition) is 5. The van der Waals surface area contributed by atoms with Crippen LogP contribution in [0.3, 0.4) is 0 Å². The molecule has 2 aromatic rings. The molecule has 1 amide bonds. The molecule has 2 heterocycles. The van der Waals surface area contributed by atoms with Crippen molar-refractivity contribution in [1.82, 2.24) is 9.62 Å². The van der Waals surface area contributed by atoms with Gasteiger partial charge in [0.1, 0.15) is 6.04 Å². The highest BCUT2D eigenvalue weighted by Gasteiger charge is 2.34. The third kappa shape index (κ3) is 5.50. The van der Waals surface area contributed by atoms with Gasteiger partial charge in [0.15, 0.2) is 0 Å². The van der Waals surface area contributed by atoms with Crippen LogP contribution in [0.25, 0.3) is 6.08 Å². The number of rotatable bonds is 8. The molecule has 9 heteroatoms. The molecule has 0 spiro atoms. The van der Waals surface area contributed by atoms with Gasteiger partial charge in [-0.3, -0.25) is 4.79 Å². The number of amides is 1. The number of nitrogens with zero attached hydrogens (tertiary/aromatic N) is 2. The molecule has 6 nitrogen and oxygen atoms in total. The minimum atomic E-state index is -3.74. The Balaban J connectivity index is 1.66. The summed E-state index contributed by atoms with van der Waals surface area (Å²) in [5.74, 6) is -0.237. The molecule has 1 aromatic heterocycles. The average Bonchev–Trinajstić information content (AvgIpc) is 3.27. The quantitative estimate of drug-likeness (QED) is 0.634. The van der Waals surface area contributed by atoms with Gasteiger partial charge < -0.3 is 9.80 Å². The Morgan fingerprint density at radius 1 is 1.27 bits per heavy atom. The van der Waals surface area contributed by atoms with Gasteiger partial charge in [-0.15, -0.1) is 11.3 Å². The molecule has 1 fully saturated rings. The lowest BCUT2D eigenvalue weighted by atomic mass is 10.0. The van der Waals surface area contributed by atoms with Crippen LogP contribution < -0.4 is 9.62 Å². The summed E-state index contributed by atoms with van der Waals surface area (Å²) in [5.41, 5.74) is 1.97. The molecule has 3 rings (SSSR count). The molecular weight excluding hydrogens is 442 g/mol. The Labute approximate surface area is 187 Å². The van der Waals surface area contributed by atoms with E-state index in [1.807, 2.05) is 38.4 Å². The van der Waals surface area contributed by atoms with Crippen molar-refractivity contribution in [2.45, 2.75) is 31.8 Å². The van der Waals surface area contributed by atoms with Crippen LogP contribution in [0.2, 0.25) is 4.34 Å². The zero-order valence-corrected chi connectivity index (χ0v) is 19.6. The maximum atomic E-state index is 12.8. The Morgan fingerprint density at radius 3 is 2.53 bits per heavy atom. The van der Waals surface area contributed by atoms with Crippen LogP contribution in [-0.2, 0) is 14.8 Å². The van der Waals surface area contributed by atoms with Crippen LogP contribution >= 0.6 is 22.9 Å². The maximum absolute atomic E-state index is 12.8. The van der Waals surface area contributed by atoms with Crippen LogP contribution in [0.1, 0.15) is 36.2 Å². The van der Waals surface area contributed by atoms with Gasteiger partial charge in [-0.05, 0) is 62.8 Å². The zero-order valence-electron chi connectivity index (χ0n) is 17.2. The lowest BCUT2D eigenvalue weighted by Crippen LogP contribution is -2.40. The highest BCUT2D eigenvalue weighted by Crippen LogP contribution is 2.27. The van der Waals surface area contributed by atoms with Gasteiger partial charge in [0.05, 0.1) is 4.34 Å². The number of sulfonamides is 1. The first-order valence-electron chi connectivity index (χ1n) is 9.73. The Morgan fingerprint density at radius 2 is 1.97 bits per heavy atom. The van der Waals surface area contributed by atoms with Gasteiger partial charge in [0, 0.05) is 28.6 Å². The molecule has 0 aliphatic carbocycles. The van der Waals surface area contributed by atoms with Crippen LogP contribution in [0.4, 0.5) is 5.69 Å². The minimum absolute atomic E-state index is 0.237. The van der Waals surface area contributed by atoms with Crippen molar-refractivity contribution in [2.75, 3.05) is 25.5 Å². The number of hydrogen-bond donors (Lipinski definition) is 1. The molecule has 0 unspecified atom stereocenters. The molecule has 1 aliphatic rings. The van der Waals surface area contributed by atoms with E-state index in [1.165, 1.54) is 23.0 Å². The molecule has 162 valence electrons. The fourth-order valence-corrected chi connectivity index (χ4v) is 5.70. The summed E-state index contributed by atoms with van der Waals surface area (Å²) in [6.45, 7) is 2.61. The summed E-state index contributed by atoms with van der Waals surface area (Å²) < 4.78 is 27.8. The number of anilines is 1. The second-order valence-corrected chi connectivity index (χ2v) is 10.8. The van der Waals surface area contributed by atoms with Crippen LogP contribution in [0.5, 0.6) is 0 Å². The maximum Gasteiger partial charge on any atom is 0.245 e. The second kappa shape index (κ2) is 9.62. The molecule has 1 aliphatic heterocycles. The van der Waals surface area contributed by atoms with E-state index >= 15 is 0 Å². The third-order valence-electron chi connectivity index (χ3n) is 5.12. The number of halogens is 1. The molecule has 0 radical (unpaired) electrons. The van der Waals surface area contributed by atoms with Gasteiger partial charge in [0.25, 0.3) is 0 Å². The standard InChI is InChI=1S/C21H26ClN3O3S2/c1-4-19(24(2)3)15-5-7-16(8-6-15)25-13-11-18(21(25)26)23-30(27,28)14-12-17-9-10-20(22)29-17/h5-10,12,14,18-19,23H,4,11,13H2,1-3H3/b14-12+/t18-,19-/m0/s1. The molecule has 2 atom stereocenters. The molecule has 30 heavy (non-hydrogen) atoms. The number of benzene rings is 1. The zero-order chi connectivity index (χ0) is 21.9. The summed E-state index contributed by atoms with van der Waals surface area (Å²) in [4.78, 5) is 17.3. The predicted molar refractivity (Wildman–Crippen MR) is 124 cm³/mol. The van der Waals surface area contributed by atoms with Crippen molar-refractivity contribution in [2.24, 2.45) is 0 Å². The van der Waals surface area contributed by atoms with Crippen molar-refractivity contribution in [3.8, 4) is 0 Å². The van der Waals surface area contributed by atoms with E-state index in [0.717, 1.165) is 22.4 Å². The monoisotopic (exact) mass is 467 g/mol. The SMILES string of the molecule is CC[C@@H](c1ccc(N2CC[C@H](NS(=O)(=O)/C=C/c3ccc(Cl)s3)C2=O)cc1)N(C)C. The van der Waals surface area contributed by atoms with E-state index in [4.69, 9.17) is 11.6 Å². The van der Waals surface area contributed by atoms with Crippen molar-refractivity contribution in [3.05, 3.63) is 56.6 Å². The Bertz CT molecular complexity index is 1020. The van der Waals surface area contributed by atoms with Crippen molar-refractivity contribution in [1.29, 1.82) is 0 Å². The van der Waals surface area contributed by atoms with Gasteiger partial charge in [-0.25, -0.2) is 8.42 Å². The van der Waals surface area contributed by atoms with Gasteiger partial charge in [-0.1, -0.05) is 30.7 Å². The molecule has 1 aromatic carbocycles. The second-order valence-electron chi connectivity index (χ2n) is 7.42. The van der Waals surface area contributed by atoms with E-state index in [9.17, 15) is 13.2 Å². The van der Waals surface area contributed by atoms with Crippen molar-refractivity contribution in [3.63, 3.8) is 0 Å². The lowest BCUT2D eigenvalue weighted by Gasteiger charge is -2.24.